The number of nitrogens with one attached hydrogen (secondary N) is 1. The minimum atomic E-state index is -0.187. The summed E-state index contributed by atoms with van der Waals surface area (Å²) in [5, 5.41) is 0. The van der Waals surface area contributed by atoms with Gasteiger partial charge in [-0.15, -0.1) is 0 Å². The summed E-state index contributed by atoms with van der Waals surface area (Å²) in [6, 6.07) is 0. The van der Waals surface area contributed by atoms with Gasteiger partial charge in [-0.3, -0.25) is 9.59 Å². The van der Waals surface area contributed by atoms with Crippen LogP contribution in [0.2, 0.25) is 0 Å². The van der Waals surface area contributed by atoms with Gasteiger partial charge in [0.05, 0.1) is 12.2 Å². The fourth-order valence-corrected chi connectivity index (χ4v) is 5.43. The highest BCUT2D eigenvalue weighted by Crippen LogP contribution is 2.31. The second-order valence-electron chi connectivity index (χ2n) is 5.96. The highest BCUT2D eigenvalue weighted by molar-refractivity contribution is 8.31. The molecule has 5 nitrogen and oxygen atoms in total. The molecule has 1 aliphatic carbocycles. The van der Waals surface area contributed by atoms with E-state index in [1.807, 2.05) is 6.92 Å². The molecule has 7 heteroatoms. The van der Waals surface area contributed by atoms with Crippen LogP contribution < -0.4 is 5.48 Å². The van der Waals surface area contributed by atoms with Crippen molar-refractivity contribution in [2.24, 2.45) is 5.92 Å². The van der Waals surface area contributed by atoms with Gasteiger partial charge >= 0.3 is 0 Å². The number of carbonyl (C=O) groups is 2. The molecule has 1 atom stereocenters. The van der Waals surface area contributed by atoms with E-state index in [0.717, 1.165) is 29.9 Å². The second-order valence-corrected chi connectivity index (χ2v) is 9.50. The Labute approximate surface area is 148 Å². The van der Waals surface area contributed by atoms with Crippen molar-refractivity contribution in [3.8, 4) is 0 Å². The number of hydroxylamine groups is 1. The molecule has 2 aliphatic rings. The number of allylic oxidation sites excluding steroid dienone is 3. The Kier molecular flexibility index (Phi) is 8.24. The Morgan fingerprint density at radius 1 is 1.38 bits per heavy atom. The van der Waals surface area contributed by atoms with Crippen molar-refractivity contribution in [1.82, 2.24) is 5.48 Å². The summed E-state index contributed by atoms with van der Waals surface area (Å²) >= 11 is 0. The molecule has 0 aromatic rings. The molecule has 1 heterocycles. The lowest BCUT2D eigenvalue weighted by Crippen LogP contribution is -2.29. The summed E-state index contributed by atoms with van der Waals surface area (Å²) < 4.78 is 11.1. The maximum absolute atomic E-state index is 12.4. The number of ketones is 2. The topological polar surface area (TPSA) is 72.5 Å². The van der Waals surface area contributed by atoms with Gasteiger partial charge in [0.15, 0.2) is 11.6 Å². The summed E-state index contributed by atoms with van der Waals surface area (Å²) in [5.74, 6) is 1.59. The molecular weight excluding hydrogens is 346 g/mol. The monoisotopic (exact) mass is 371 g/mol. The second kappa shape index (κ2) is 10.2. The van der Waals surface area contributed by atoms with Crippen molar-refractivity contribution < 1.29 is 18.6 Å². The molecule has 0 aromatic carbocycles. The van der Waals surface area contributed by atoms with Crippen molar-refractivity contribution in [3.05, 3.63) is 23.3 Å². The first-order chi connectivity index (χ1) is 11.7. The van der Waals surface area contributed by atoms with Crippen LogP contribution in [0.15, 0.2) is 23.3 Å². The maximum atomic E-state index is 12.4. The molecule has 1 N–H and O–H groups in total. The average Bonchev–Trinajstić information content (AvgIpc) is 2.59. The fraction of sp³-hybridized carbons (Fsp3) is 0.647. The van der Waals surface area contributed by atoms with Crippen LogP contribution in [0, 0.1) is 5.92 Å². The van der Waals surface area contributed by atoms with E-state index in [2.05, 4.69) is 11.6 Å². The molecule has 1 unspecified atom stereocenters. The van der Waals surface area contributed by atoms with Crippen molar-refractivity contribution >= 4 is 31.2 Å². The lowest BCUT2D eigenvalue weighted by molar-refractivity contribution is -0.125. The fourth-order valence-electron chi connectivity index (χ4n) is 3.02. The number of rotatable bonds is 7. The smallest absolute Gasteiger partial charge is 0.166 e. The van der Waals surface area contributed by atoms with Crippen molar-refractivity contribution in [3.63, 3.8) is 0 Å². The first-order valence-electron chi connectivity index (χ1n) is 8.43. The highest BCUT2D eigenvalue weighted by Gasteiger charge is 2.32. The van der Waals surface area contributed by atoms with Crippen LogP contribution in [-0.4, -0.2) is 40.4 Å². The molecule has 1 saturated carbocycles. The first kappa shape index (κ1) is 19.4. The minimum absolute atomic E-state index is 0.00391. The Bertz CT molecular complexity index is 586. The van der Waals surface area contributed by atoms with E-state index in [4.69, 9.17) is 4.84 Å². The van der Waals surface area contributed by atoms with Crippen LogP contribution in [0.5, 0.6) is 0 Å². The largest absolute Gasteiger partial charge is 0.302 e. The van der Waals surface area contributed by atoms with Crippen molar-refractivity contribution in [1.29, 1.82) is 0 Å². The number of hydrogen-bond acceptors (Lipinski definition) is 5. The zero-order chi connectivity index (χ0) is 17.4. The average molecular weight is 372 g/mol. The van der Waals surface area contributed by atoms with E-state index in [-0.39, 0.29) is 26.9 Å². The van der Waals surface area contributed by atoms with Crippen molar-refractivity contribution in [2.45, 2.75) is 39.0 Å². The van der Waals surface area contributed by atoms with Gasteiger partial charge in [-0.1, -0.05) is 27.2 Å². The normalized spacial score (nSPS) is 24.7. The van der Waals surface area contributed by atoms with Crippen LogP contribution in [0.4, 0.5) is 0 Å². The van der Waals surface area contributed by atoms with Gasteiger partial charge < -0.3 is 4.84 Å². The molecule has 0 aromatic heterocycles. The molecule has 2 rings (SSSR count). The third-order valence-corrected chi connectivity index (χ3v) is 7.21. The molecule has 1 fully saturated rings. The third kappa shape index (κ3) is 5.58. The predicted molar refractivity (Wildman–Crippen MR) is 97.6 cm³/mol. The van der Waals surface area contributed by atoms with Gasteiger partial charge in [-0.05, 0) is 32.1 Å². The number of unbranched alkanes of at least 4 members (excludes halogenated alkanes) is 1. The van der Waals surface area contributed by atoms with Gasteiger partial charge in [0, 0.05) is 30.9 Å². The number of Topliss-reactive ketones (excluding diaryl/α,β-unsaturated/α-hetero) is 2. The SMILES string of the molecule is CCONCCCC=C1C(=O)CC(C2=CCCS(=S=O)C2)CC1=O. The standard InChI is InChI=1S/C17H25NO4S2/c1-2-22-18-8-4-3-7-15-16(19)10-14(11-17(15)20)13-6-5-9-24(12-13)23-21/h6-7,14,18H,2-5,8-12H2,1H3. The molecule has 1 aliphatic heterocycles. The Morgan fingerprint density at radius 2 is 2.12 bits per heavy atom. The number of hydrogen-bond donors (Lipinski definition) is 1. The molecule has 0 bridgehead atoms. The summed E-state index contributed by atoms with van der Waals surface area (Å²) in [6.45, 7) is 3.22. The van der Waals surface area contributed by atoms with E-state index in [9.17, 15) is 13.8 Å². The van der Waals surface area contributed by atoms with Gasteiger partial charge in [-0.25, -0.2) is 9.69 Å². The summed E-state index contributed by atoms with van der Waals surface area (Å²) in [7, 11) is 0.487. The minimum Gasteiger partial charge on any atom is -0.302 e. The highest BCUT2D eigenvalue weighted by atomic mass is 32.8. The van der Waals surface area contributed by atoms with Crippen LogP contribution in [-0.2, 0) is 34.1 Å². The van der Waals surface area contributed by atoms with Gasteiger partial charge in [-0.2, -0.15) is 0 Å². The summed E-state index contributed by atoms with van der Waals surface area (Å²) in [4.78, 5) is 29.7. The lowest BCUT2D eigenvalue weighted by atomic mass is 9.79. The third-order valence-electron chi connectivity index (χ3n) is 4.24. The van der Waals surface area contributed by atoms with E-state index in [1.165, 1.54) is 0 Å². The molecule has 24 heavy (non-hydrogen) atoms. The predicted octanol–water partition coefficient (Wildman–Crippen LogP) is 1.86. The molecular formula is C17H25NO4S2. The van der Waals surface area contributed by atoms with Crippen molar-refractivity contribution in [2.75, 3.05) is 24.7 Å². The van der Waals surface area contributed by atoms with E-state index in [0.29, 0.717) is 48.2 Å². The van der Waals surface area contributed by atoms with Crippen LogP contribution in [0.3, 0.4) is 0 Å². The van der Waals surface area contributed by atoms with Crippen LogP contribution in [0.25, 0.3) is 0 Å². The van der Waals surface area contributed by atoms with E-state index >= 15 is 0 Å². The van der Waals surface area contributed by atoms with Gasteiger partial charge in [0.1, 0.15) is 10.2 Å². The van der Waals surface area contributed by atoms with Crippen LogP contribution in [0.1, 0.15) is 39.0 Å². The summed E-state index contributed by atoms with van der Waals surface area (Å²) in [6.07, 6.45) is 7.13. The molecule has 0 radical (unpaired) electrons. The van der Waals surface area contributed by atoms with E-state index < -0.39 is 0 Å². The number of carbonyl (C=O) groups excluding carboxylic acids is 2. The zero-order valence-electron chi connectivity index (χ0n) is 14.0. The van der Waals surface area contributed by atoms with E-state index in [1.54, 1.807) is 6.08 Å². The van der Waals surface area contributed by atoms with Gasteiger partial charge in [0.25, 0.3) is 0 Å². The lowest BCUT2D eigenvalue weighted by Gasteiger charge is -2.27. The molecule has 0 amide bonds. The first-order valence-corrected chi connectivity index (χ1v) is 11.3. The Morgan fingerprint density at radius 3 is 2.79 bits per heavy atom. The Balaban J connectivity index is 1.90. The quantitative estimate of drug-likeness (QED) is 0.243. The molecule has 134 valence electrons. The maximum Gasteiger partial charge on any atom is 0.166 e. The summed E-state index contributed by atoms with van der Waals surface area (Å²) in [5.41, 5.74) is 4.34. The Hall–Kier alpha value is -0.890. The molecule has 0 saturated heterocycles. The van der Waals surface area contributed by atoms with Crippen LogP contribution >= 0.6 is 0 Å². The zero-order valence-corrected chi connectivity index (χ0v) is 15.7. The van der Waals surface area contributed by atoms with Gasteiger partial charge in [0.2, 0.25) is 0 Å². The molecule has 0 spiro atoms.